The summed E-state index contributed by atoms with van der Waals surface area (Å²) in [5, 5.41) is 9.57. The summed E-state index contributed by atoms with van der Waals surface area (Å²) in [6, 6.07) is -0.0247. The van der Waals surface area contributed by atoms with Gasteiger partial charge in [0, 0.05) is 17.6 Å². The normalized spacial score (nSPS) is 17.6. The van der Waals surface area contributed by atoms with Crippen molar-refractivity contribution in [3.05, 3.63) is 0 Å². The number of hydrogen-bond donors (Lipinski definition) is 2. The van der Waals surface area contributed by atoms with Gasteiger partial charge in [-0.2, -0.15) is 0 Å². The molecule has 2 unspecified atom stereocenters. The highest BCUT2D eigenvalue weighted by Crippen LogP contribution is 2.27. The van der Waals surface area contributed by atoms with Crippen LogP contribution in [0.2, 0.25) is 0 Å². The van der Waals surface area contributed by atoms with Gasteiger partial charge in [-0.05, 0) is 32.7 Å². The molecule has 16 heavy (non-hydrogen) atoms. The van der Waals surface area contributed by atoms with E-state index < -0.39 is 0 Å². The summed E-state index contributed by atoms with van der Waals surface area (Å²) in [6.07, 6.45) is 1.04. The Hall–Kier alpha value is -0.120. The number of rotatable bonds is 5. The molecule has 0 radical (unpaired) electrons. The first kappa shape index (κ1) is 15.9. The predicted octanol–water partition coefficient (Wildman–Crippen LogP) is 1.84. The maximum atomic E-state index is 9.57. The fourth-order valence-corrected chi connectivity index (χ4v) is 1.75. The Morgan fingerprint density at radius 1 is 1.19 bits per heavy atom. The van der Waals surface area contributed by atoms with Crippen molar-refractivity contribution < 1.29 is 5.11 Å². The monoisotopic (exact) mass is 230 g/mol. The summed E-state index contributed by atoms with van der Waals surface area (Å²) in [5.41, 5.74) is 6.33. The summed E-state index contributed by atoms with van der Waals surface area (Å²) >= 11 is 0. The van der Waals surface area contributed by atoms with Crippen LogP contribution in [-0.2, 0) is 0 Å². The first-order chi connectivity index (χ1) is 7.07. The van der Waals surface area contributed by atoms with Crippen LogP contribution >= 0.6 is 0 Å². The summed E-state index contributed by atoms with van der Waals surface area (Å²) in [6.45, 7) is 13.0. The topological polar surface area (TPSA) is 49.5 Å². The van der Waals surface area contributed by atoms with E-state index in [4.69, 9.17) is 5.73 Å². The highest BCUT2D eigenvalue weighted by atomic mass is 16.3. The highest BCUT2D eigenvalue weighted by molar-refractivity contribution is 4.93. The van der Waals surface area contributed by atoms with E-state index >= 15 is 0 Å². The van der Waals surface area contributed by atoms with Crippen molar-refractivity contribution in [3.63, 3.8) is 0 Å². The average molecular weight is 230 g/mol. The number of hydrogen-bond acceptors (Lipinski definition) is 3. The molecule has 0 aromatic rings. The van der Waals surface area contributed by atoms with Crippen molar-refractivity contribution in [1.82, 2.24) is 4.90 Å². The third kappa shape index (κ3) is 3.72. The molecule has 0 aromatic carbocycles. The Morgan fingerprint density at radius 2 is 1.62 bits per heavy atom. The molecular weight excluding hydrogens is 200 g/mol. The molecule has 0 fully saturated rings. The molecule has 0 bridgehead atoms. The van der Waals surface area contributed by atoms with Crippen molar-refractivity contribution in [2.45, 2.75) is 65.6 Å². The van der Waals surface area contributed by atoms with Crippen LogP contribution in [0.3, 0.4) is 0 Å². The maximum Gasteiger partial charge on any atom is 0.0602 e. The zero-order valence-corrected chi connectivity index (χ0v) is 12.0. The Balaban J connectivity index is 4.87. The molecule has 0 amide bonds. The fraction of sp³-hybridized carbons (Fsp3) is 1.00. The largest absolute Gasteiger partial charge is 0.395 e. The van der Waals surface area contributed by atoms with E-state index in [1.807, 2.05) is 0 Å². The molecule has 98 valence electrons. The Bertz CT molecular complexity index is 208. The molecule has 0 rings (SSSR count). The Morgan fingerprint density at radius 3 is 1.88 bits per heavy atom. The molecule has 3 heteroatoms. The lowest BCUT2D eigenvalue weighted by atomic mass is 9.81. The second kappa shape index (κ2) is 5.48. The van der Waals surface area contributed by atoms with Gasteiger partial charge in [-0.25, -0.2) is 0 Å². The van der Waals surface area contributed by atoms with Crippen molar-refractivity contribution in [1.29, 1.82) is 0 Å². The Kier molecular flexibility index (Phi) is 5.44. The minimum Gasteiger partial charge on any atom is -0.395 e. The van der Waals surface area contributed by atoms with E-state index in [0.29, 0.717) is 0 Å². The zero-order valence-electron chi connectivity index (χ0n) is 12.0. The van der Waals surface area contributed by atoms with Crippen molar-refractivity contribution >= 4 is 0 Å². The molecule has 3 nitrogen and oxygen atoms in total. The quantitative estimate of drug-likeness (QED) is 0.758. The molecule has 0 aliphatic carbocycles. The minimum atomic E-state index is -0.0340. The van der Waals surface area contributed by atoms with E-state index in [1.54, 1.807) is 0 Å². The van der Waals surface area contributed by atoms with Crippen LogP contribution in [0.25, 0.3) is 0 Å². The number of nitrogens with two attached hydrogens (primary N) is 1. The third-order valence-electron chi connectivity index (χ3n) is 3.92. The number of aliphatic hydroxyl groups is 1. The van der Waals surface area contributed by atoms with E-state index in [2.05, 4.69) is 53.5 Å². The molecule has 0 saturated carbocycles. The number of nitrogens with zero attached hydrogens (tertiary/aromatic N) is 1. The lowest BCUT2D eigenvalue weighted by Gasteiger charge is -2.45. The number of aliphatic hydroxyl groups excluding tert-OH is 1. The van der Waals surface area contributed by atoms with Gasteiger partial charge in [0.1, 0.15) is 0 Å². The van der Waals surface area contributed by atoms with Crippen molar-refractivity contribution in [2.75, 3.05) is 13.7 Å². The molecule has 0 aliphatic rings. The van der Waals surface area contributed by atoms with Gasteiger partial charge in [-0.15, -0.1) is 0 Å². The maximum absolute atomic E-state index is 9.57. The van der Waals surface area contributed by atoms with Gasteiger partial charge in [0.05, 0.1) is 6.61 Å². The van der Waals surface area contributed by atoms with Gasteiger partial charge in [0.25, 0.3) is 0 Å². The van der Waals surface area contributed by atoms with Crippen LogP contribution in [-0.4, -0.2) is 41.3 Å². The zero-order chi connectivity index (χ0) is 13.1. The van der Waals surface area contributed by atoms with Crippen molar-refractivity contribution in [3.8, 4) is 0 Å². The predicted molar refractivity (Wildman–Crippen MR) is 70.4 cm³/mol. The van der Waals surface area contributed by atoms with Crippen LogP contribution < -0.4 is 5.73 Å². The van der Waals surface area contributed by atoms with Crippen LogP contribution in [0.1, 0.15) is 48.0 Å². The smallest absolute Gasteiger partial charge is 0.0602 e. The minimum absolute atomic E-state index is 0.00543. The molecule has 3 N–H and O–H groups in total. The van der Waals surface area contributed by atoms with Crippen LogP contribution in [0.5, 0.6) is 0 Å². The molecule has 0 aromatic heterocycles. The lowest BCUT2D eigenvalue weighted by Crippen LogP contribution is -2.59. The first-order valence-corrected chi connectivity index (χ1v) is 6.17. The van der Waals surface area contributed by atoms with Crippen LogP contribution in [0.4, 0.5) is 0 Å². The van der Waals surface area contributed by atoms with E-state index in [0.717, 1.165) is 6.42 Å². The molecule has 0 aliphatic heterocycles. The third-order valence-corrected chi connectivity index (χ3v) is 3.92. The van der Waals surface area contributed by atoms with Gasteiger partial charge >= 0.3 is 0 Å². The van der Waals surface area contributed by atoms with Gasteiger partial charge in [-0.3, -0.25) is 4.90 Å². The Labute approximate surface area is 101 Å². The lowest BCUT2D eigenvalue weighted by molar-refractivity contribution is 0.0229. The van der Waals surface area contributed by atoms with Crippen molar-refractivity contribution in [2.24, 2.45) is 11.1 Å². The van der Waals surface area contributed by atoms with Gasteiger partial charge < -0.3 is 10.8 Å². The van der Waals surface area contributed by atoms with E-state index in [1.165, 1.54) is 0 Å². The molecule has 0 spiro atoms. The van der Waals surface area contributed by atoms with Gasteiger partial charge in [0.2, 0.25) is 0 Å². The summed E-state index contributed by atoms with van der Waals surface area (Å²) in [5.74, 6) is 0. The number of likely N-dealkylation sites (N-methyl/N-ethyl adjacent to an activating group) is 1. The van der Waals surface area contributed by atoms with Crippen LogP contribution in [0.15, 0.2) is 0 Å². The summed E-state index contributed by atoms with van der Waals surface area (Å²) in [7, 11) is 2.05. The van der Waals surface area contributed by atoms with Gasteiger partial charge in [0.15, 0.2) is 0 Å². The molecule has 0 saturated heterocycles. The fourth-order valence-electron chi connectivity index (χ4n) is 1.75. The first-order valence-electron chi connectivity index (χ1n) is 6.17. The standard InChI is InChI=1S/C13H30N2O/c1-8-13(5,6)15(7)10(9-16)11(14)12(2,3)4/h10-11,16H,8-9,14H2,1-7H3. The highest BCUT2D eigenvalue weighted by Gasteiger charge is 2.36. The van der Waals surface area contributed by atoms with E-state index in [-0.39, 0.29) is 29.6 Å². The molecule has 0 heterocycles. The SMILES string of the molecule is CCC(C)(C)N(C)C(CO)C(N)C(C)(C)C. The molecule has 2 atom stereocenters. The summed E-state index contributed by atoms with van der Waals surface area (Å²) < 4.78 is 0. The van der Waals surface area contributed by atoms with E-state index in [9.17, 15) is 5.11 Å². The van der Waals surface area contributed by atoms with Gasteiger partial charge in [-0.1, -0.05) is 27.7 Å². The second-order valence-electron chi connectivity index (χ2n) is 6.42. The second-order valence-corrected chi connectivity index (χ2v) is 6.42. The average Bonchev–Trinajstić information content (AvgIpc) is 2.17. The summed E-state index contributed by atoms with van der Waals surface area (Å²) in [4.78, 5) is 2.21. The molecular formula is C13H30N2O. The van der Waals surface area contributed by atoms with Crippen LogP contribution in [0, 0.1) is 5.41 Å².